The van der Waals surface area contributed by atoms with Crippen molar-refractivity contribution in [3.05, 3.63) is 48.0 Å². The molecule has 0 radical (unpaired) electrons. The normalized spacial score (nSPS) is 19.2. The molecule has 3 rings (SSSR count). The summed E-state index contributed by atoms with van der Waals surface area (Å²) in [5.41, 5.74) is 1.91. The molecule has 0 saturated carbocycles. The summed E-state index contributed by atoms with van der Waals surface area (Å²) in [6.07, 6.45) is 4.76. The molecule has 1 atom stereocenters. The topological polar surface area (TPSA) is 30.3 Å². The second kappa shape index (κ2) is 6.37. The van der Waals surface area contributed by atoms with E-state index in [4.69, 9.17) is 4.74 Å². The van der Waals surface area contributed by atoms with Gasteiger partial charge in [0, 0.05) is 32.6 Å². The zero-order chi connectivity index (χ0) is 14.7. The lowest BCUT2D eigenvalue weighted by atomic mass is 10.1. The van der Waals surface area contributed by atoms with Crippen molar-refractivity contribution in [3.8, 4) is 5.69 Å². The Hall–Kier alpha value is -1.72. The molecule has 1 fully saturated rings. The van der Waals surface area contributed by atoms with Crippen LogP contribution in [0.5, 0.6) is 0 Å². The van der Waals surface area contributed by atoms with Crippen LogP contribution in [0.3, 0.4) is 0 Å². The van der Waals surface area contributed by atoms with E-state index in [1.807, 2.05) is 12.3 Å². The van der Waals surface area contributed by atoms with E-state index in [0.29, 0.717) is 5.92 Å². The molecule has 1 aliphatic rings. The monoisotopic (exact) mass is 289 g/mol. The molecule has 2 heterocycles. The first-order valence-electron chi connectivity index (χ1n) is 7.26. The van der Waals surface area contributed by atoms with Crippen molar-refractivity contribution < 1.29 is 9.13 Å². The average Bonchev–Trinajstić information content (AvgIpc) is 3.11. The summed E-state index contributed by atoms with van der Waals surface area (Å²) in [6, 6.07) is 6.76. The zero-order valence-electron chi connectivity index (χ0n) is 12.2. The van der Waals surface area contributed by atoms with Crippen LogP contribution >= 0.6 is 0 Å². The van der Waals surface area contributed by atoms with Gasteiger partial charge in [0.25, 0.3) is 0 Å². The molecule has 4 nitrogen and oxygen atoms in total. The fourth-order valence-electron chi connectivity index (χ4n) is 2.98. The van der Waals surface area contributed by atoms with Gasteiger partial charge in [0.2, 0.25) is 0 Å². The van der Waals surface area contributed by atoms with Crippen LogP contribution in [0.1, 0.15) is 12.0 Å². The lowest BCUT2D eigenvalue weighted by molar-refractivity contribution is 0.152. The highest BCUT2D eigenvalue weighted by Crippen LogP contribution is 2.22. The molecule has 2 aromatic rings. The lowest BCUT2D eigenvalue weighted by Crippen LogP contribution is -2.22. The molecule has 5 heteroatoms. The predicted molar refractivity (Wildman–Crippen MR) is 78.8 cm³/mol. The minimum Gasteiger partial charge on any atom is -0.384 e. The number of hydrogen-bond acceptors (Lipinski definition) is 3. The smallest absolute Gasteiger partial charge is 0.123 e. The van der Waals surface area contributed by atoms with E-state index in [1.165, 1.54) is 6.07 Å². The first kappa shape index (κ1) is 14.2. The minimum atomic E-state index is -0.200. The molecule has 0 amide bonds. The molecule has 0 bridgehead atoms. The number of benzene rings is 1. The molecule has 1 aliphatic heterocycles. The number of halogens is 1. The van der Waals surface area contributed by atoms with Gasteiger partial charge < -0.3 is 4.74 Å². The summed E-state index contributed by atoms with van der Waals surface area (Å²) in [4.78, 5) is 2.35. The van der Waals surface area contributed by atoms with Crippen molar-refractivity contribution in [2.45, 2.75) is 13.0 Å². The standard InChI is InChI=1S/C16H20FN3O/c1-21-12-13-5-8-19(10-13)11-14-9-15(17)3-4-16(14)20-7-2-6-18-20/h2-4,6-7,9,13H,5,8,10-12H2,1H3/t13-/m1/s1. The van der Waals surface area contributed by atoms with Crippen LogP contribution in [-0.4, -0.2) is 41.5 Å². The van der Waals surface area contributed by atoms with Crippen molar-refractivity contribution in [2.24, 2.45) is 5.92 Å². The molecule has 0 unspecified atom stereocenters. The van der Waals surface area contributed by atoms with Gasteiger partial charge in [-0.1, -0.05) is 0 Å². The summed E-state index contributed by atoms with van der Waals surface area (Å²) in [6.45, 7) is 3.57. The Kier molecular flexibility index (Phi) is 4.31. The van der Waals surface area contributed by atoms with Crippen molar-refractivity contribution in [1.82, 2.24) is 14.7 Å². The Labute approximate surface area is 124 Å². The molecule has 0 N–H and O–H groups in total. The van der Waals surface area contributed by atoms with Crippen molar-refractivity contribution >= 4 is 0 Å². The van der Waals surface area contributed by atoms with Crippen LogP contribution < -0.4 is 0 Å². The molecule has 0 aliphatic carbocycles. The Bertz CT molecular complexity index is 585. The molecular weight excluding hydrogens is 269 g/mol. The van der Waals surface area contributed by atoms with Crippen molar-refractivity contribution in [3.63, 3.8) is 0 Å². The van der Waals surface area contributed by atoms with E-state index < -0.39 is 0 Å². The maximum atomic E-state index is 13.6. The van der Waals surface area contributed by atoms with Gasteiger partial charge in [-0.05, 0) is 48.7 Å². The van der Waals surface area contributed by atoms with E-state index in [9.17, 15) is 4.39 Å². The number of ether oxygens (including phenoxy) is 1. The largest absolute Gasteiger partial charge is 0.384 e. The third-order valence-electron chi connectivity index (χ3n) is 3.96. The maximum absolute atomic E-state index is 13.6. The van der Waals surface area contributed by atoms with Gasteiger partial charge in [-0.25, -0.2) is 9.07 Å². The van der Waals surface area contributed by atoms with Crippen LogP contribution in [-0.2, 0) is 11.3 Å². The van der Waals surface area contributed by atoms with E-state index in [2.05, 4.69) is 10.00 Å². The van der Waals surface area contributed by atoms with Gasteiger partial charge >= 0.3 is 0 Å². The highest BCUT2D eigenvalue weighted by atomic mass is 19.1. The molecule has 0 spiro atoms. The Balaban J connectivity index is 1.77. The molecule has 1 aromatic carbocycles. The molecule has 1 aromatic heterocycles. The Morgan fingerprint density at radius 2 is 2.33 bits per heavy atom. The number of hydrogen-bond donors (Lipinski definition) is 0. The first-order valence-corrected chi connectivity index (χ1v) is 7.26. The highest BCUT2D eigenvalue weighted by Gasteiger charge is 2.23. The first-order chi connectivity index (χ1) is 10.3. The van der Waals surface area contributed by atoms with Gasteiger partial charge in [0.05, 0.1) is 12.3 Å². The lowest BCUT2D eigenvalue weighted by Gasteiger charge is -2.18. The van der Waals surface area contributed by atoms with Crippen molar-refractivity contribution in [2.75, 3.05) is 26.8 Å². The number of nitrogens with zero attached hydrogens (tertiary/aromatic N) is 3. The predicted octanol–water partition coefficient (Wildman–Crippen LogP) is 2.48. The van der Waals surface area contributed by atoms with Crippen LogP contribution in [0.2, 0.25) is 0 Å². The fraction of sp³-hybridized carbons (Fsp3) is 0.438. The van der Waals surface area contributed by atoms with Crippen molar-refractivity contribution in [1.29, 1.82) is 0 Å². The number of aromatic nitrogens is 2. The van der Waals surface area contributed by atoms with E-state index in [1.54, 1.807) is 30.1 Å². The van der Waals surface area contributed by atoms with Gasteiger partial charge in [0.1, 0.15) is 5.82 Å². The van der Waals surface area contributed by atoms with E-state index >= 15 is 0 Å². The van der Waals surface area contributed by atoms with E-state index in [0.717, 1.165) is 43.9 Å². The Morgan fingerprint density at radius 1 is 1.43 bits per heavy atom. The van der Waals surface area contributed by atoms with Gasteiger partial charge in [-0.15, -0.1) is 0 Å². The molecule has 21 heavy (non-hydrogen) atoms. The summed E-state index contributed by atoms with van der Waals surface area (Å²) in [5, 5.41) is 4.25. The summed E-state index contributed by atoms with van der Waals surface area (Å²) >= 11 is 0. The van der Waals surface area contributed by atoms with Crippen LogP contribution in [0.25, 0.3) is 5.69 Å². The Morgan fingerprint density at radius 3 is 3.10 bits per heavy atom. The van der Waals surface area contributed by atoms with E-state index in [-0.39, 0.29) is 5.82 Å². The second-order valence-electron chi connectivity index (χ2n) is 5.57. The van der Waals surface area contributed by atoms with Crippen LogP contribution in [0.4, 0.5) is 4.39 Å². The zero-order valence-corrected chi connectivity index (χ0v) is 12.2. The van der Waals surface area contributed by atoms with Gasteiger partial charge in [-0.3, -0.25) is 4.90 Å². The number of rotatable bonds is 5. The summed E-state index contributed by atoms with van der Waals surface area (Å²) < 4.78 is 20.6. The third kappa shape index (κ3) is 3.31. The van der Waals surface area contributed by atoms with Gasteiger partial charge in [0.15, 0.2) is 0 Å². The number of methoxy groups -OCH3 is 1. The molecular formula is C16H20FN3O. The number of likely N-dealkylation sites (tertiary alicyclic amines) is 1. The second-order valence-corrected chi connectivity index (χ2v) is 5.57. The third-order valence-corrected chi connectivity index (χ3v) is 3.96. The molecule has 112 valence electrons. The highest BCUT2D eigenvalue weighted by molar-refractivity contribution is 5.40. The summed E-state index contributed by atoms with van der Waals surface area (Å²) in [7, 11) is 1.74. The average molecular weight is 289 g/mol. The van der Waals surface area contributed by atoms with Gasteiger partial charge in [-0.2, -0.15) is 5.10 Å². The fourth-order valence-corrected chi connectivity index (χ4v) is 2.98. The minimum absolute atomic E-state index is 0.200. The summed E-state index contributed by atoms with van der Waals surface area (Å²) in [5.74, 6) is 0.380. The maximum Gasteiger partial charge on any atom is 0.123 e. The van der Waals surface area contributed by atoms with Crippen LogP contribution in [0.15, 0.2) is 36.7 Å². The molecule has 1 saturated heterocycles. The SMILES string of the molecule is COC[C@@H]1CCN(Cc2cc(F)ccc2-n2cccn2)C1. The van der Waals surface area contributed by atoms with Crippen LogP contribution in [0, 0.1) is 11.7 Å². The quantitative estimate of drug-likeness (QED) is 0.847.